The standard InChI is InChI=1S/C15H18FN5O/c16-11-3-1-5-14(7-11)21-6-2-4-12(10-21)19-15(22)20-13-8-17-18-9-13/h1,3,5,7-9,12H,2,4,6,10H2,(H,17,18)(H2,19,20,22). The molecule has 0 radical (unpaired) electrons. The highest BCUT2D eigenvalue weighted by Crippen LogP contribution is 2.20. The van der Waals surface area contributed by atoms with Crippen LogP contribution in [-0.4, -0.2) is 35.4 Å². The Kier molecular flexibility index (Phi) is 4.22. The van der Waals surface area contributed by atoms with Gasteiger partial charge in [0.1, 0.15) is 5.82 Å². The number of hydrogen-bond donors (Lipinski definition) is 3. The van der Waals surface area contributed by atoms with Gasteiger partial charge in [-0.25, -0.2) is 9.18 Å². The number of nitrogens with zero attached hydrogens (tertiary/aromatic N) is 2. The third kappa shape index (κ3) is 3.55. The zero-order valence-electron chi connectivity index (χ0n) is 12.1. The number of urea groups is 1. The van der Waals surface area contributed by atoms with Crippen molar-refractivity contribution in [3.05, 3.63) is 42.5 Å². The maximum atomic E-state index is 13.3. The van der Waals surface area contributed by atoms with Crippen LogP contribution in [0.2, 0.25) is 0 Å². The molecule has 22 heavy (non-hydrogen) atoms. The topological polar surface area (TPSA) is 73.0 Å². The van der Waals surface area contributed by atoms with Gasteiger partial charge in [-0.3, -0.25) is 5.10 Å². The minimum atomic E-state index is -0.257. The SMILES string of the molecule is O=C(Nc1cn[nH]c1)NC1CCCN(c2cccc(F)c2)C1. The number of aromatic nitrogens is 2. The van der Waals surface area contributed by atoms with E-state index in [4.69, 9.17) is 0 Å². The van der Waals surface area contributed by atoms with E-state index >= 15 is 0 Å². The maximum absolute atomic E-state index is 13.3. The second-order valence-corrected chi connectivity index (χ2v) is 5.35. The molecule has 3 rings (SSSR count). The summed E-state index contributed by atoms with van der Waals surface area (Å²) in [6.45, 7) is 1.53. The van der Waals surface area contributed by atoms with E-state index in [0.29, 0.717) is 12.2 Å². The molecule has 6 nitrogen and oxygen atoms in total. The Bertz CT molecular complexity index is 631. The fourth-order valence-corrected chi connectivity index (χ4v) is 2.67. The first-order valence-corrected chi connectivity index (χ1v) is 7.27. The van der Waals surface area contributed by atoms with Gasteiger partial charge in [0, 0.05) is 31.0 Å². The summed E-state index contributed by atoms with van der Waals surface area (Å²) in [7, 11) is 0. The van der Waals surface area contributed by atoms with Crippen LogP contribution in [0.5, 0.6) is 0 Å². The van der Waals surface area contributed by atoms with Crippen LogP contribution in [-0.2, 0) is 0 Å². The average molecular weight is 303 g/mol. The van der Waals surface area contributed by atoms with Crippen molar-refractivity contribution < 1.29 is 9.18 Å². The van der Waals surface area contributed by atoms with Gasteiger partial charge in [0.2, 0.25) is 0 Å². The molecule has 2 aromatic rings. The lowest BCUT2D eigenvalue weighted by molar-refractivity contribution is 0.246. The number of nitrogens with one attached hydrogen (secondary N) is 3. The lowest BCUT2D eigenvalue weighted by Gasteiger charge is -2.34. The van der Waals surface area contributed by atoms with Gasteiger partial charge >= 0.3 is 6.03 Å². The summed E-state index contributed by atoms with van der Waals surface area (Å²) in [6, 6.07) is 6.32. The van der Waals surface area contributed by atoms with Crippen LogP contribution in [0.4, 0.5) is 20.6 Å². The van der Waals surface area contributed by atoms with Crippen LogP contribution in [0.3, 0.4) is 0 Å². The highest BCUT2D eigenvalue weighted by Gasteiger charge is 2.22. The van der Waals surface area contributed by atoms with Gasteiger partial charge in [-0.1, -0.05) is 6.07 Å². The van der Waals surface area contributed by atoms with Crippen molar-refractivity contribution in [2.75, 3.05) is 23.3 Å². The molecule has 1 aliphatic heterocycles. The monoisotopic (exact) mass is 303 g/mol. The van der Waals surface area contributed by atoms with Crippen LogP contribution in [0, 0.1) is 5.82 Å². The van der Waals surface area contributed by atoms with Crippen molar-refractivity contribution in [1.82, 2.24) is 15.5 Å². The molecule has 0 spiro atoms. The molecule has 1 aromatic carbocycles. The van der Waals surface area contributed by atoms with Gasteiger partial charge < -0.3 is 15.5 Å². The largest absolute Gasteiger partial charge is 0.369 e. The Balaban J connectivity index is 1.57. The molecular weight excluding hydrogens is 285 g/mol. The number of halogens is 1. The summed E-state index contributed by atoms with van der Waals surface area (Å²) in [4.78, 5) is 14.0. The summed E-state index contributed by atoms with van der Waals surface area (Å²) < 4.78 is 13.3. The summed E-state index contributed by atoms with van der Waals surface area (Å²) in [5.74, 6) is -0.245. The molecule has 0 bridgehead atoms. The van der Waals surface area contributed by atoms with Crippen LogP contribution in [0.25, 0.3) is 0 Å². The molecule has 3 N–H and O–H groups in total. The number of hydrogen-bond acceptors (Lipinski definition) is 3. The van der Waals surface area contributed by atoms with Gasteiger partial charge in [0.05, 0.1) is 11.9 Å². The Labute approximate surface area is 127 Å². The van der Waals surface area contributed by atoms with Crippen LogP contribution >= 0.6 is 0 Å². The zero-order valence-corrected chi connectivity index (χ0v) is 12.1. The van der Waals surface area contributed by atoms with Gasteiger partial charge in [-0.05, 0) is 31.0 Å². The number of anilines is 2. The van der Waals surface area contributed by atoms with E-state index < -0.39 is 0 Å². The van der Waals surface area contributed by atoms with Gasteiger partial charge in [0.15, 0.2) is 0 Å². The smallest absolute Gasteiger partial charge is 0.319 e. The molecule has 116 valence electrons. The number of carbonyl (C=O) groups is 1. The number of H-pyrrole nitrogens is 1. The van der Waals surface area contributed by atoms with Gasteiger partial charge in [0.25, 0.3) is 0 Å². The minimum absolute atomic E-state index is 0.0314. The molecule has 1 aromatic heterocycles. The molecule has 1 saturated heterocycles. The Hall–Kier alpha value is -2.57. The molecule has 1 aliphatic rings. The Morgan fingerprint density at radius 1 is 1.45 bits per heavy atom. The van der Waals surface area contributed by atoms with Crippen molar-refractivity contribution in [1.29, 1.82) is 0 Å². The lowest BCUT2D eigenvalue weighted by Crippen LogP contribution is -2.49. The summed E-state index contributed by atoms with van der Waals surface area (Å²) in [6.07, 6.45) is 5.01. The average Bonchev–Trinajstić information content (AvgIpc) is 3.00. The summed E-state index contributed by atoms with van der Waals surface area (Å²) in [5, 5.41) is 12.1. The number of benzene rings is 1. The molecule has 1 unspecified atom stereocenters. The zero-order chi connectivity index (χ0) is 15.4. The molecule has 1 fully saturated rings. The normalized spacial score (nSPS) is 18.0. The van der Waals surface area contributed by atoms with E-state index in [-0.39, 0.29) is 17.9 Å². The van der Waals surface area contributed by atoms with Crippen molar-refractivity contribution in [2.24, 2.45) is 0 Å². The van der Waals surface area contributed by atoms with E-state index in [1.165, 1.54) is 12.1 Å². The van der Waals surface area contributed by atoms with Crippen molar-refractivity contribution in [3.8, 4) is 0 Å². The number of amides is 2. The van der Waals surface area contributed by atoms with E-state index in [1.807, 2.05) is 6.07 Å². The fraction of sp³-hybridized carbons (Fsp3) is 0.333. The molecule has 2 heterocycles. The summed E-state index contributed by atoms with van der Waals surface area (Å²) >= 11 is 0. The third-order valence-corrected chi connectivity index (χ3v) is 3.69. The second-order valence-electron chi connectivity index (χ2n) is 5.35. The minimum Gasteiger partial charge on any atom is -0.369 e. The summed E-state index contributed by atoms with van der Waals surface area (Å²) in [5.41, 5.74) is 1.47. The van der Waals surface area contributed by atoms with E-state index in [1.54, 1.807) is 18.5 Å². The highest BCUT2D eigenvalue weighted by molar-refractivity contribution is 5.89. The quantitative estimate of drug-likeness (QED) is 0.815. The van der Waals surface area contributed by atoms with Crippen LogP contribution in [0.15, 0.2) is 36.7 Å². The Morgan fingerprint density at radius 3 is 3.14 bits per heavy atom. The molecule has 0 aliphatic carbocycles. The molecule has 2 amide bonds. The predicted molar refractivity (Wildman–Crippen MR) is 82.4 cm³/mol. The third-order valence-electron chi connectivity index (χ3n) is 3.69. The number of rotatable bonds is 3. The number of carbonyl (C=O) groups excluding carboxylic acids is 1. The van der Waals surface area contributed by atoms with Crippen LogP contribution < -0.4 is 15.5 Å². The van der Waals surface area contributed by atoms with Crippen molar-refractivity contribution in [3.63, 3.8) is 0 Å². The lowest BCUT2D eigenvalue weighted by atomic mass is 10.1. The van der Waals surface area contributed by atoms with Gasteiger partial charge in [-0.2, -0.15) is 5.10 Å². The highest BCUT2D eigenvalue weighted by atomic mass is 19.1. The Morgan fingerprint density at radius 2 is 2.36 bits per heavy atom. The van der Waals surface area contributed by atoms with E-state index in [2.05, 4.69) is 25.7 Å². The predicted octanol–water partition coefficient (Wildman–Crippen LogP) is 2.34. The maximum Gasteiger partial charge on any atom is 0.319 e. The first-order valence-electron chi connectivity index (χ1n) is 7.27. The van der Waals surface area contributed by atoms with E-state index in [9.17, 15) is 9.18 Å². The first kappa shape index (κ1) is 14.4. The van der Waals surface area contributed by atoms with Crippen molar-refractivity contribution in [2.45, 2.75) is 18.9 Å². The molecule has 0 saturated carbocycles. The first-order chi connectivity index (χ1) is 10.7. The number of piperidine rings is 1. The number of aromatic amines is 1. The molecule has 7 heteroatoms. The van der Waals surface area contributed by atoms with Crippen molar-refractivity contribution >= 4 is 17.4 Å². The van der Waals surface area contributed by atoms with E-state index in [0.717, 1.165) is 25.1 Å². The van der Waals surface area contributed by atoms with Crippen LogP contribution in [0.1, 0.15) is 12.8 Å². The van der Waals surface area contributed by atoms with Gasteiger partial charge in [-0.15, -0.1) is 0 Å². The second kappa shape index (κ2) is 6.46. The molecule has 1 atom stereocenters. The fourth-order valence-electron chi connectivity index (χ4n) is 2.67. The molecular formula is C15H18FN5O.